The maximum atomic E-state index is 6.24. The van der Waals surface area contributed by atoms with E-state index in [-0.39, 0.29) is 0 Å². The summed E-state index contributed by atoms with van der Waals surface area (Å²) in [7, 11) is 0. The van der Waals surface area contributed by atoms with Crippen LogP contribution in [0.4, 0.5) is 11.6 Å². The molecule has 1 N–H and O–H groups in total. The zero-order valence-corrected chi connectivity index (χ0v) is 13.3. The molecular formula is C15H11ClIN3. The van der Waals surface area contributed by atoms with E-state index in [9.17, 15) is 0 Å². The van der Waals surface area contributed by atoms with Gasteiger partial charge in [0.1, 0.15) is 0 Å². The van der Waals surface area contributed by atoms with Crippen LogP contribution in [0, 0.1) is 3.57 Å². The highest BCUT2D eigenvalue weighted by atomic mass is 127. The van der Waals surface area contributed by atoms with Gasteiger partial charge in [0.25, 0.3) is 0 Å². The number of para-hydroxylation sites is 1. The Bertz CT molecular complexity index is 725. The topological polar surface area (TPSA) is 29.9 Å². The standard InChI is InChI=1S/C15H11ClIN3/c16-13-10-11(17)6-7-14(13)19-15-18-8-9-20(15)12-4-2-1-3-5-12/h1-10H,(H,18,19). The quantitative estimate of drug-likeness (QED) is 0.641. The molecule has 0 unspecified atom stereocenters. The summed E-state index contributed by atoms with van der Waals surface area (Å²) in [5.41, 5.74) is 1.89. The molecule has 2 aromatic carbocycles. The molecule has 20 heavy (non-hydrogen) atoms. The molecule has 0 fully saturated rings. The molecule has 0 atom stereocenters. The molecule has 0 aliphatic rings. The maximum Gasteiger partial charge on any atom is 0.212 e. The molecule has 0 bridgehead atoms. The van der Waals surface area contributed by atoms with E-state index in [1.165, 1.54) is 0 Å². The number of benzene rings is 2. The van der Waals surface area contributed by atoms with Crippen LogP contribution in [0.25, 0.3) is 5.69 Å². The SMILES string of the molecule is Clc1cc(I)ccc1Nc1nccn1-c1ccccc1. The average molecular weight is 396 g/mol. The fourth-order valence-electron chi connectivity index (χ4n) is 1.90. The largest absolute Gasteiger partial charge is 0.324 e. The van der Waals surface area contributed by atoms with Gasteiger partial charge in [-0.05, 0) is 52.9 Å². The summed E-state index contributed by atoms with van der Waals surface area (Å²) in [4.78, 5) is 4.34. The second-order valence-electron chi connectivity index (χ2n) is 4.21. The third-order valence-corrected chi connectivity index (χ3v) is 3.84. The monoisotopic (exact) mass is 395 g/mol. The van der Waals surface area contributed by atoms with Gasteiger partial charge < -0.3 is 5.32 Å². The Kier molecular flexibility index (Phi) is 3.93. The Morgan fingerprint density at radius 2 is 1.90 bits per heavy atom. The number of hydrogen-bond donors (Lipinski definition) is 1. The van der Waals surface area contributed by atoms with Gasteiger partial charge in [0.2, 0.25) is 5.95 Å². The van der Waals surface area contributed by atoms with Crippen LogP contribution in [-0.4, -0.2) is 9.55 Å². The second kappa shape index (κ2) is 5.85. The molecule has 3 aromatic rings. The van der Waals surface area contributed by atoms with Gasteiger partial charge in [0.05, 0.1) is 10.7 Å². The molecule has 0 aliphatic carbocycles. The normalized spacial score (nSPS) is 10.5. The van der Waals surface area contributed by atoms with Crippen LogP contribution in [0.5, 0.6) is 0 Å². The first-order valence-electron chi connectivity index (χ1n) is 6.05. The van der Waals surface area contributed by atoms with Crippen LogP contribution in [-0.2, 0) is 0 Å². The minimum Gasteiger partial charge on any atom is -0.324 e. The Morgan fingerprint density at radius 1 is 1.10 bits per heavy atom. The number of halogens is 2. The van der Waals surface area contributed by atoms with Crippen molar-refractivity contribution in [2.45, 2.75) is 0 Å². The third kappa shape index (κ3) is 2.81. The number of anilines is 2. The van der Waals surface area contributed by atoms with Crippen molar-refractivity contribution in [3.63, 3.8) is 0 Å². The molecule has 0 amide bonds. The van der Waals surface area contributed by atoms with Crippen LogP contribution in [0.1, 0.15) is 0 Å². The Hall–Kier alpha value is -1.53. The predicted molar refractivity (Wildman–Crippen MR) is 91.0 cm³/mol. The molecule has 100 valence electrons. The van der Waals surface area contributed by atoms with E-state index < -0.39 is 0 Å². The Balaban J connectivity index is 1.95. The van der Waals surface area contributed by atoms with Gasteiger partial charge in [-0.15, -0.1) is 0 Å². The van der Waals surface area contributed by atoms with Gasteiger partial charge in [0.15, 0.2) is 0 Å². The van der Waals surface area contributed by atoms with Gasteiger partial charge in [-0.1, -0.05) is 29.8 Å². The van der Waals surface area contributed by atoms with Crippen LogP contribution < -0.4 is 5.32 Å². The molecular weight excluding hydrogens is 385 g/mol. The molecule has 1 heterocycles. The first kappa shape index (κ1) is 13.5. The zero-order valence-electron chi connectivity index (χ0n) is 10.4. The summed E-state index contributed by atoms with van der Waals surface area (Å²) in [6, 6.07) is 15.9. The summed E-state index contributed by atoms with van der Waals surface area (Å²) in [5, 5.41) is 3.94. The highest BCUT2D eigenvalue weighted by molar-refractivity contribution is 14.1. The molecule has 3 nitrogen and oxygen atoms in total. The summed E-state index contributed by atoms with van der Waals surface area (Å²) in [6.45, 7) is 0. The fraction of sp³-hybridized carbons (Fsp3) is 0. The van der Waals surface area contributed by atoms with E-state index in [0.717, 1.165) is 20.9 Å². The lowest BCUT2D eigenvalue weighted by Gasteiger charge is -2.11. The highest BCUT2D eigenvalue weighted by Crippen LogP contribution is 2.27. The molecule has 0 spiro atoms. The predicted octanol–water partition coefficient (Wildman–Crippen LogP) is 4.87. The molecule has 0 radical (unpaired) electrons. The minimum atomic E-state index is 0.680. The van der Waals surface area contributed by atoms with E-state index in [0.29, 0.717) is 5.02 Å². The van der Waals surface area contributed by atoms with Crippen LogP contribution in [0.3, 0.4) is 0 Å². The summed E-state index contributed by atoms with van der Waals surface area (Å²) < 4.78 is 3.08. The van der Waals surface area contributed by atoms with E-state index in [4.69, 9.17) is 11.6 Å². The molecule has 5 heteroatoms. The molecule has 0 aliphatic heterocycles. The van der Waals surface area contributed by atoms with E-state index >= 15 is 0 Å². The lowest BCUT2D eigenvalue weighted by molar-refractivity contribution is 1.06. The molecule has 0 saturated carbocycles. The molecule has 3 rings (SSSR count). The van der Waals surface area contributed by atoms with Crippen molar-refractivity contribution in [3.8, 4) is 5.69 Å². The Labute approximate surface area is 135 Å². The lowest BCUT2D eigenvalue weighted by atomic mass is 10.3. The van der Waals surface area contributed by atoms with Crippen LogP contribution in [0.2, 0.25) is 5.02 Å². The summed E-state index contributed by atoms with van der Waals surface area (Å²) in [6.07, 6.45) is 3.67. The maximum absolute atomic E-state index is 6.24. The minimum absolute atomic E-state index is 0.680. The van der Waals surface area contributed by atoms with Crippen molar-refractivity contribution in [2.24, 2.45) is 0 Å². The zero-order chi connectivity index (χ0) is 13.9. The number of nitrogens with zero attached hydrogens (tertiary/aromatic N) is 2. The first-order valence-corrected chi connectivity index (χ1v) is 7.50. The van der Waals surface area contributed by atoms with Crippen LogP contribution >= 0.6 is 34.2 Å². The average Bonchev–Trinajstić information content (AvgIpc) is 2.91. The highest BCUT2D eigenvalue weighted by Gasteiger charge is 2.07. The van der Waals surface area contributed by atoms with E-state index in [1.807, 2.05) is 59.3 Å². The fourth-order valence-corrected chi connectivity index (χ4v) is 2.81. The number of rotatable bonds is 3. The van der Waals surface area contributed by atoms with Gasteiger partial charge >= 0.3 is 0 Å². The first-order chi connectivity index (χ1) is 9.74. The van der Waals surface area contributed by atoms with E-state index in [2.05, 4.69) is 32.9 Å². The van der Waals surface area contributed by atoms with Crippen molar-refractivity contribution >= 4 is 45.8 Å². The number of imidazole rings is 1. The third-order valence-electron chi connectivity index (χ3n) is 2.85. The van der Waals surface area contributed by atoms with Gasteiger partial charge in [-0.2, -0.15) is 0 Å². The smallest absolute Gasteiger partial charge is 0.212 e. The van der Waals surface area contributed by atoms with Crippen molar-refractivity contribution in [3.05, 3.63) is 69.5 Å². The molecule has 0 saturated heterocycles. The summed E-state index contributed by atoms with van der Waals surface area (Å²) >= 11 is 8.48. The number of nitrogens with one attached hydrogen (secondary N) is 1. The van der Waals surface area contributed by atoms with Crippen LogP contribution in [0.15, 0.2) is 60.9 Å². The van der Waals surface area contributed by atoms with Gasteiger partial charge in [0, 0.05) is 21.7 Å². The summed E-state index contributed by atoms with van der Waals surface area (Å²) in [5.74, 6) is 0.735. The molecule has 1 aromatic heterocycles. The second-order valence-corrected chi connectivity index (χ2v) is 5.86. The van der Waals surface area contributed by atoms with Crippen molar-refractivity contribution in [1.82, 2.24) is 9.55 Å². The van der Waals surface area contributed by atoms with E-state index in [1.54, 1.807) is 6.20 Å². The van der Waals surface area contributed by atoms with Gasteiger partial charge in [-0.25, -0.2) is 4.98 Å². The number of aromatic nitrogens is 2. The Morgan fingerprint density at radius 3 is 2.65 bits per heavy atom. The van der Waals surface area contributed by atoms with Crippen molar-refractivity contribution < 1.29 is 0 Å². The van der Waals surface area contributed by atoms with Crippen molar-refractivity contribution in [2.75, 3.05) is 5.32 Å². The van der Waals surface area contributed by atoms with Gasteiger partial charge in [-0.3, -0.25) is 4.57 Å². The lowest BCUT2D eigenvalue weighted by Crippen LogP contribution is -2.01. The number of hydrogen-bond acceptors (Lipinski definition) is 2. The van der Waals surface area contributed by atoms with Crippen molar-refractivity contribution in [1.29, 1.82) is 0 Å².